The van der Waals surface area contributed by atoms with E-state index in [-0.39, 0.29) is 11.2 Å². The highest BCUT2D eigenvalue weighted by molar-refractivity contribution is 5.17. The van der Waals surface area contributed by atoms with Crippen LogP contribution in [0, 0.1) is 11.2 Å². The van der Waals surface area contributed by atoms with Gasteiger partial charge in [-0.2, -0.15) is 0 Å². The maximum Gasteiger partial charge on any atom is 0.123 e. The minimum atomic E-state index is -0.154. The van der Waals surface area contributed by atoms with Crippen molar-refractivity contribution in [3.05, 3.63) is 35.6 Å². The Bertz CT molecular complexity index is 436. The van der Waals surface area contributed by atoms with Crippen molar-refractivity contribution >= 4 is 0 Å². The number of hydrogen-bond donors (Lipinski definition) is 1. The van der Waals surface area contributed by atoms with E-state index in [0.717, 1.165) is 26.1 Å². The fourth-order valence-corrected chi connectivity index (χ4v) is 3.02. The molecule has 3 heteroatoms. The van der Waals surface area contributed by atoms with Crippen LogP contribution < -0.4 is 5.32 Å². The van der Waals surface area contributed by atoms with E-state index < -0.39 is 0 Å². The lowest BCUT2D eigenvalue weighted by Gasteiger charge is -2.36. The summed E-state index contributed by atoms with van der Waals surface area (Å²) in [6.07, 6.45) is 2.18. The van der Waals surface area contributed by atoms with Crippen LogP contribution in [-0.4, -0.2) is 36.6 Å². The fraction of sp³-hybridized carbons (Fsp3) is 0.667. The second-order valence-electron chi connectivity index (χ2n) is 7.40. The predicted octanol–water partition coefficient (Wildman–Crippen LogP) is 3.47. The molecule has 1 saturated heterocycles. The van der Waals surface area contributed by atoms with Gasteiger partial charge >= 0.3 is 0 Å². The van der Waals surface area contributed by atoms with Crippen LogP contribution in [0.5, 0.6) is 0 Å². The van der Waals surface area contributed by atoms with Crippen molar-refractivity contribution in [2.75, 3.05) is 19.6 Å². The summed E-state index contributed by atoms with van der Waals surface area (Å²) in [6, 6.07) is 7.94. The Morgan fingerprint density at radius 2 is 1.95 bits per heavy atom. The zero-order chi connectivity index (χ0) is 15.5. The van der Waals surface area contributed by atoms with Crippen LogP contribution in [0.4, 0.5) is 4.39 Å². The van der Waals surface area contributed by atoms with Crippen LogP contribution in [0.2, 0.25) is 0 Å². The van der Waals surface area contributed by atoms with Crippen LogP contribution >= 0.6 is 0 Å². The lowest BCUT2D eigenvalue weighted by molar-refractivity contribution is 0.161. The first-order valence-corrected chi connectivity index (χ1v) is 8.08. The molecular formula is C18H29FN2. The normalized spacial score (nSPS) is 22.8. The van der Waals surface area contributed by atoms with Gasteiger partial charge in [-0.05, 0) is 56.0 Å². The molecule has 1 aromatic carbocycles. The van der Waals surface area contributed by atoms with Gasteiger partial charge in [0.25, 0.3) is 0 Å². The van der Waals surface area contributed by atoms with E-state index in [1.165, 1.54) is 12.0 Å². The molecule has 1 aliphatic rings. The fourth-order valence-electron chi connectivity index (χ4n) is 3.02. The number of halogens is 1. The second-order valence-corrected chi connectivity index (χ2v) is 7.40. The molecule has 0 radical (unpaired) electrons. The molecule has 1 fully saturated rings. The number of hydrogen-bond acceptors (Lipinski definition) is 2. The molecule has 0 aromatic heterocycles. The van der Waals surface area contributed by atoms with E-state index in [4.69, 9.17) is 0 Å². The van der Waals surface area contributed by atoms with Gasteiger partial charge in [0, 0.05) is 18.6 Å². The molecule has 0 spiro atoms. The SMILES string of the molecule is CC(Cc1ccc(F)cc1)N1CCCNC(C(C)(C)C)C1. The molecule has 2 unspecified atom stereocenters. The third kappa shape index (κ3) is 4.79. The lowest BCUT2D eigenvalue weighted by Crippen LogP contribution is -2.48. The summed E-state index contributed by atoms with van der Waals surface area (Å²) in [5, 5.41) is 3.69. The van der Waals surface area contributed by atoms with Crippen molar-refractivity contribution in [2.24, 2.45) is 5.41 Å². The maximum absolute atomic E-state index is 13.0. The van der Waals surface area contributed by atoms with Gasteiger partial charge in [0.05, 0.1) is 0 Å². The van der Waals surface area contributed by atoms with Crippen LogP contribution in [-0.2, 0) is 6.42 Å². The van der Waals surface area contributed by atoms with Crippen molar-refractivity contribution in [3.63, 3.8) is 0 Å². The first-order chi connectivity index (χ1) is 9.86. The minimum absolute atomic E-state index is 0.154. The van der Waals surface area contributed by atoms with E-state index in [9.17, 15) is 4.39 Å². The zero-order valence-electron chi connectivity index (χ0n) is 13.8. The highest BCUT2D eigenvalue weighted by atomic mass is 19.1. The first-order valence-electron chi connectivity index (χ1n) is 8.08. The van der Waals surface area contributed by atoms with E-state index in [1.807, 2.05) is 12.1 Å². The van der Waals surface area contributed by atoms with Crippen molar-refractivity contribution in [2.45, 2.75) is 52.6 Å². The highest BCUT2D eigenvalue weighted by Crippen LogP contribution is 2.23. The Labute approximate surface area is 128 Å². The molecule has 0 bridgehead atoms. The quantitative estimate of drug-likeness (QED) is 0.918. The number of nitrogens with zero attached hydrogens (tertiary/aromatic N) is 1. The molecule has 1 heterocycles. The van der Waals surface area contributed by atoms with Crippen molar-refractivity contribution in [3.8, 4) is 0 Å². The molecule has 1 N–H and O–H groups in total. The third-order valence-corrected chi connectivity index (χ3v) is 4.54. The molecule has 1 aliphatic heterocycles. The predicted molar refractivity (Wildman–Crippen MR) is 87.0 cm³/mol. The Balaban J connectivity index is 1.99. The maximum atomic E-state index is 13.0. The molecule has 118 valence electrons. The van der Waals surface area contributed by atoms with Gasteiger partial charge in [0.1, 0.15) is 5.82 Å². The van der Waals surface area contributed by atoms with Gasteiger partial charge in [0.2, 0.25) is 0 Å². The smallest absolute Gasteiger partial charge is 0.123 e. The summed E-state index contributed by atoms with van der Waals surface area (Å²) in [6.45, 7) is 12.5. The van der Waals surface area contributed by atoms with E-state index in [0.29, 0.717) is 12.1 Å². The summed E-state index contributed by atoms with van der Waals surface area (Å²) in [4.78, 5) is 2.58. The van der Waals surface area contributed by atoms with E-state index in [1.54, 1.807) is 12.1 Å². The van der Waals surface area contributed by atoms with Crippen LogP contribution in [0.1, 0.15) is 39.7 Å². The third-order valence-electron chi connectivity index (χ3n) is 4.54. The second kappa shape index (κ2) is 6.89. The van der Waals surface area contributed by atoms with Gasteiger partial charge in [-0.3, -0.25) is 4.90 Å². The van der Waals surface area contributed by atoms with Gasteiger partial charge in [-0.25, -0.2) is 4.39 Å². The van der Waals surface area contributed by atoms with Crippen molar-refractivity contribution < 1.29 is 4.39 Å². The van der Waals surface area contributed by atoms with Gasteiger partial charge in [-0.1, -0.05) is 32.9 Å². The molecule has 2 rings (SSSR count). The van der Waals surface area contributed by atoms with Crippen LogP contribution in [0.25, 0.3) is 0 Å². The number of rotatable bonds is 3. The van der Waals surface area contributed by atoms with E-state index in [2.05, 4.69) is 37.9 Å². The molecule has 1 aromatic rings. The lowest BCUT2D eigenvalue weighted by atomic mass is 9.86. The van der Waals surface area contributed by atoms with Gasteiger partial charge in [-0.15, -0.1) is 0 Å². The largest absolute Gasteiger partial charge is 0.312 e. The monoisotopic (exact) mass is 292 g/mol. The van der Waals surface area contributed by atoms with E-state index >= 15 is 0 Å². The summed E-state index contributed by atoms with van der Waals surface area (Å²) in [5.41, 5.74) is 1.49. The average molecular weight is 292 g/mol. The molecule has 2 atom stereocenters. The first kappa shape index (κ1) is 16.4. The van der Waals surface area contributed by atoms with Crippen molar-refractivity contribution in [1.29, 1.82) is 0 Å². The molecular weight excluding hydrogens is 263 g/mol. The van der Waals surface area contributed by atoms with Crippen LogP contribution in [0.15, 0.2) is 24.3 Å². The zero-order valence-corrected chi connectivity index (χ0v) is 13.8. The van der Waals surface area contributed by atoms with Gasteiger partial charge in [0.15, 0.2) is 0 Å². The highest BCUT2D eigenvalue weighted by Gasteiger charge is 2.29. The van der Waals surface area contributed by atoms with Crippen molar-refractivity contribution in [1.82, 2.24) is 10.2 Å². The summed E-state index contributed by atoms with van der Waals surface area (Å²) >= 11 is 0. The number of nitrogens with one attached hydrogen (secondary N) is 1. The standard InChI is InChI=1S/C18H29FN2/c1-14(12-15-6-8-16(19)9-7-15)21-11-5-10-20-17(13-21)18(2,3)4/h6-9,14,17,20H,5,10-13H2,1-4H3. The average Bonchev–Trinajstić information content (AvgIpc) is 2.67. The molecule has 0 amide bonds. The summed E-state index contributed by atoms with van der Waals surface area (Å²) in [7, 11) is 0. The Kier molecular flexibility index (Phi) is 5.39. The summed E-state index contributed by atoms with van der Waals surface area (Å²) in [5.74, 6) is -0.154. The summed E-state index contributed by atoms with van der Waals surface area (Å²) < 4.78 is 13.0. The minimum Gasteiger partial charge on any atom is -0.312 e. The molecule has 2 nitrogen and oxygen atoms in total. The number of benzene rings is 1. The van der Waals surface area contributed by atoms with Gasteiger partial charge < -0.3 is 5.32 Å². The molecule has 0 aliphatic carbocycles. The Morgan fingerprint density at radius 3 is 2.57 bits per heavy atom. The Hall–Kier alpha value is -0.930. The Morgan fingerprint density at radius 1 is 1.29 bits per heavy atom. The molecule has 21 heavy (non-hydrogen) atoms. The molecule has 0 saturated carbocycles. The topological polar surface area (TPSA) is 15.3 Å². The van der Waals surface area contributed by atoms with Crippen LogP contribution in [0.3, 0.4) is 0 Å².